The van der Waals surface area contributed by atoms with Crippen LogP contribution in [0.1, 0.15) is 19.8 Å². The minimum absolute atomic E-state index is 0.747. The zero-order valence-corrected chi connectivity index (χ0v) is 11.9. The highest BCUT2D eigenvalue weighted by molar-refractivity contribution is 8.03. The second-order valence-corrected chi connectivity index (χ2v) is 6.98. The van der Waals surface area contributed by atoms with Crippen LogP contribution in [0, 0.1) is 0 Å². The molecule has 1 unspecified atom stereocenters. The maximum Gasteiger partial charge on any atom is 0.0249 e. The molecule has 0 aromatic rings. The summed E-state index contributed by atoms with van der Waals surface area (Å²) >= 11 is 4.23. The molecule has 0 amide bonds. The van der Waals surface area contributed by atoms with Gasteiger partial charge >= 0.3 is 0 Å². The Balaban J connectivity index is 1.69. The lowest BCUT2D eigenvalue weighted by Crippen LogP contribution is -2.43. The van der Waals surface area contributed by atoms with Crippen LogP contribution < -0.4 is 5.32 Å². The number of nitrogens with one attached hydrogen (secondary N) is 1. The van der Waals surface area contributed by atoms with Gasteiger partial charge in [-0.05, 0) is 25.9 Å². The van der Waals surface area contributed by atoms with E-state index in [2.05, 4.69) is 40.7 Å². The van der Waals surface area contributed by atoms with Crippen molar-refractivity contribution in [1.29, 1.82) is 0 Å². The lowest BCUT2D eigenvalue weighted by Gasteiger charge is -2.25. The molecule has 2 nitrogen and oxygen atoms in total. The lowest BCUT2D eigenvalue weighted by molar-refractivity contribution is 0.257. The third-order valence-corrected chi connectivity index (χ3v) is 6.08. The first-order chi connectivity index (χ1) is 7.90. The van der Waals surface area contributed by atoms with E-state index in [1.165, 1.54) is 55.5 Å². The van der Waals surface area contributed by atoms with Gasteiger partial charge in [0.1, 0.15) is 0 Å². The Morgan fingerprint density at radius 2 is 2.00 bits per heavy atom. The summed E-state index contributed by atoms with van der Waals surface area (Å²) in [6, 6.07) is 1.56. The number of hydrogen-bond acceptors (Lipinski definition) is 4. The molecule has 4 heteroatoms. The molecular weight excluding hydrogens is 236 g/mol. The van der Waals surface area contributed by atoms with E-state index >= 15 is 0 Å². The summed E-state index contributed by atoms with van der Waals surface area (Å²) in [5, 5.41) is 3.78. The van der Waals surface area contributed by atoms with Crippen LogP contribution in [0.2, 0.25) is 0 Å². The summed E-state index contributed by atoms with van der Waals surface area (Å²) in [7, 11) is 0. The molecule has 0 aromatic carbocycles. The second-order valence-electron chi connectivity index (χ2n) is 4.68. The van der Waals surface area contributed by atoms with Crippen LogP contribution in [0.3, 0.4) is 0 Å². The Kier molecular flexibility index (Phi) is 5.83. The van der Waals surface area contributed by atoms with Gasteiger partial charge in [-0.1, -0.05) is 6.92 Å². The number of likely N-dealkylation sites (tertiary alicyclic amines) is 1. The molecule has 0 aromatic heterocycles. The van der Waals surface area contributed by atoms with Crippen LogP contribution in [-0.2, 0) is 0 Å². The molecule has 0 radical (unpaired) electrons. The molecule has 0 bridgehead atoms. The molecule has 2 aliphatic rings. The first-order valence-electron chi connectivity index (χ1n) is 6.53. The SMILES string of the molecule is CCN1CCCC1CNC1CSCCSC1. The molecule has 2 heterocycles. The van der Waals surface area contributed by atoms with Crippen molar-refractivity contribution in [2.24, 2.45) is 0 Å². The predicted molar refractivity (Wildman–Crippen MR) is 76.7 cm³/mol. The van der Waals surface area contributed by atoms with E-state index in [1.54, 1.807) is 0 Å². The lowest BCUT2D eigenvalue weighted by atomic mass is 10.2. The Morgan fingerprint density at radius 3 is 2.69 bits per heavy atom. The molecule has 0 spiro atoms. The van der Waals surface area contributed by atoms with E-state index in [0.29, 0.717) is 0 Å². The fourth-order valence-electron chi connectivity index (χ4n) is 2.58. The highest BCUT2D eigenvalue weighted by Gasteiger charge is 2.23. The number of rotatable bonds is 4. The van der Waals surface area contributed by atoms with Crippen molar-refractivity contribution in [3.63, 3.8) is 0 Å². The monoisotopic (exact) mass is 260 g/mol. The first-order valence-corrected chi connectivity index (χ1v) is 8.84. The third kappa shape index (κ3) is 3.83. The summed E-state index contributed by atoms with van der Waals surface area (Å²) in [5.74, 6) is 5.30. The van der Waals surface area contributed by atoms with E-state index in [4.69, 9.17) is 0 Å². The van der Waals surface area contributed by atoms with Crippen molar-refractivity contribution in [1.82, 2.24) is 10.2 Å². The second kappa shape index (κ2) is 7.14. The maximum absolute atomic E-state index is 3.78. The van der Waals surface area contributed by atoms with Gasteiger partial charge in [0.05, 0.1) is 0 Å². The van der Waals surface area contributed by atoms with E-state index in [0.717, 1.165) is 12.1 Å². The molecule has 1 atom stereocenters. The normalized spacial score (nSPS) is 29.4. The van der Waals surface area contributed by atoms with Crippen molar-refractivity contribution >= 4 is 23.5 Å². The Hall–Kier alpha value is 0.620. The highest BCUT2D eigenvalue weighted by atomic mass is 32.2. The summed E-state index contributed by atoms with van der Waals surface area (Å²) in [5.41, 5.74) is 0. The summed E-state index contributed by atoms with van der Waals surface area (Å²) in [6.45, 7) is 6.03. The molecule has 0 aliphatic carbocycles. The molecule has 94 valence electrons. The minimum atomic E-state index is 0.747. The smallest absolute Gasteiger partial charge is 0.0249 e. The van der Waals surface area contributed by atoms with Crippen LogP contribution in [0.15, 0.2) is 0 Å². The maximum atomic E-state index is 3.78. The fourth-order valence-corrected chi connectivity index (χ4v) is 5.05. The average molecular weight is 260 g/mol. The van der Waals surface area contributed by atoms with Gasteiger partial charge in [-0.2, -0.15) is 23.5 Å². The zero-order chi connectivity index (χ0) is 11.2. The first kappa shape index (κ1) is 13.1. The van der Waals surface area contributed by atoms with Gasteiger partial charge in [-0.3, -0.25) is 4.90 Å². The van der Waals surface area contributed by atoms with Crippen LogP contribution >= 0.6 is 23.5 Å². The summed E-state index contributed by atoms with van der Waals surface area (Å²) in [4.78, 5) is 2.63. The molecular formula is C12H24N2S2. The molecule has 2 saturated heterocycles. The van der Waals surface area contributed by atoms with Crippen LogP contribution in [0.4, 0.5) is 0 Å². The molecule has 2 rings (SSSR count). The number of likely N-dealkylation sites (N-methyl/N-ethyl adjacent to an activating group) is 1. The van der Waals surface area contributed by atoms with Gasteiger partial charge in [-0.15, -0.1) is 0 Å². The van der Waals surface area contributed by atoms with Gasteiger partial charge in [0.2, 0.25) is 0 Å². The van der Waals surface area contributed by atoms with E-state index in [-0.39, 0.29) is 0 Å². The molecule has 0 saturated carbocycles. The highest BCUT2D eigenvalue weighted by Crippen LogP contribution is 2.18. The standard InChI is InChI=1S/C12H24N2S2/c1-2-14-5-3-4-12(14)8-13-11-9-15-6-7-16-10-11/h11-13H,2-10H2,1H3. The van der Waals surface area contributed by atoms with Gasteiger partial charge < -0.3 is 5.32 Å². The number of nitrogens with zero attached hydrogens (tertiary/aromatic N) is 1. The number of hydrogen-bond donors (Lipinski definition) is 1. The van der Waals surface area contributed by atoms with E-state index in [9.17, 15) is 0 Å². The van der Waals surface area contributed by atoms with Crippen molar-refractivity contribution < 1.29 is 0 Å². The fraction of sp³-hybridized carbons (Fsp3) is 1.00. The molecule has 2 fully saturated rings. The van der Waals surface area contributed by atoms with Crippen LogP contribution in [0.5, 0.6) is 0 Å². The molecule has 2 aliphatic heterocycles. The van der Waals surface area contributed by atoms with Gasteiger partial charge in [0.25, 0.3) is 0 Å². The number of thioether (sulfide) groups is 2. The van der Waals surface area contributed by atoms with Crippen molar-refractivity contribution in [2.45, 2.75) is 31.8 Å². The van der Waals surface area contributed by atoms with Gasteiger partial charge in [-0.25, -0.2) is 0 Å². The minimum Gasteiger partial charge on any atom is -0.311 e. The average Bonchev–Trinajstić information content (AvgIpc) is 2.60. The topological polar surface area (TPSA) is 15.3 Å². The van der Waals surface area contributed by atoms with Gasteiger partial charge in [0.15, 0.2) is 0 Å². The van der Waals surface area contributed by atoms with Gasteiger partial charge in [0, 0.05) is 41.6 Å². The van der Waals surface area contributed by atoms with Crippen LogP contribution in [0.25, 0.3) is 0 Å². The van der Waals surface area contributed by atoms with E-state index in [1.807, 2.05) is 0 Å². The molecule has 1 N–H and O–H groups in total. The summed E-state index contributed by atoms with van der Waals surface area (Å²) in [6.07, 6.45) is 2.79. The van der Waals surface area contributed by atoms with Crippen LogP contribution in [-0.4, -0.2) is 59.6 Å². The zero-order valence-electron chi connectivity index (χ0n) is 10.3. The Bertz CT molecular complexity index is 193. The van der Waals surface area contributed by atoms with E-state index < -0.39 is 0 Å². The third-order valence-electron chi connectivity index (χ3n) is 3.56. The largest absolute Gasteiger partial charge is 0.311 e. The van der Waals surface area contributed by atoms with Crippen molar-refractivity contribution in [3.8, 4) is 0 Å². The predicted octanol–water partition coefficient (Wildman–Crippen LogP) is 1.91. The Morgan fingerprint density at radius 1 is 1.25 bits per heavy atom. The van der Waals surface area contributed by atoms with Crippen molar-refractivity contribution in [2.75, 3.05) is 42.6 Å². The quantitative estimate of drug-likeness (QED) is 0.830. The summed E-state index contributed by atoms with van der Waals surface area (Å²) < 4.78 is 0. The Labute approximate surface area is 108 Å². The molecule has 16 heavy (non-hydrogen) atoms. The van der Waals surface area contributed by atoms with Crippen molar-refractivity contribution in [3.05, 3.63) is 0 Å².